The summed E-state index contributed by atoms with van der Waals surface area (Å²) in [6.45, 7) is 8.78. The van der Waals surface area contributed by atoms with E-state index in [4.69, 9.17) is 4.74 Å². The van der Waals surface area contributed by atoms with E-state index in [-0.39, 0.29) is 30.4 Å². The molecule has 122 valence electrons. The minimum Gasteiger partial charge on any atom is -0.444 e. The topological polar surface area (TPSA) is 61.9 Å². The second kappa shape index (κ2) is 7.31. The summed E-state index contributed by atoms with van der Waals surface area (Å²) < 4.78 is 5.34. The van der Waals surface area contributed by atoms with Crippen LogP contribution in [0.15, 0.2) is 0 Å². The molecule has 2 heterocycles. The number of rotatable bonds is 1. The highest BCUT2D eigenvalue weighted by Crippen LogP contribution is 2.14. The van der Waals surface area contributed by atoms with Gasteiger partial charge < -0.3 is 19.9 Å². The Morgan fingerprint density at radius 1 is 1.10 bits per heavy atom. The molecular weight excluding hydrogens is 294 g/mol. The molecule has 2 amide bonds. The fraction of sp³-hybridized carbons (Fsp3) is 0.857. The molecule has 1 N–H and O–H groups in total. The fourth-order valence-electron chi connectivity index (χ4n) is 2.55. The molecule has 0 bridgehead atoms. The van der Waals surface area contributed by atoms with Gasteiger partial charge in [-0.1, -0.05) is 0 Å². The maximum atomic E-state index is 12.2. The second-order valence-electron chi connectivity index (χ2n) is 6.44. The Kier molecular flexibility index (Phi) is 6.28. The van der Waals surface area contributed by atoms with Crippen molar-refractivity contribution < 1.29 is 14.3 Å². The van der Waals surface area contributed by atoms with Gasteiger partial charge in [0.2, 0.25) is 5.91 Å². The van der Waals surface area contributed by atoms with Crippen molar-refractivity contribution in [3.63, 3.8) is 0 Å². The Bertz CT molecular complexity index is 370. The van der Waals surface area contributed by atoms with Gasteiger partial charge in [0.05, 0.1) is 6.04 Å². The van der Waals surface area contributed by atoms with Crippen LogP contribution in [0.4, 0.5) is 4.79 Å². The molecule has 2 aliphatic heterocycles. The van der Waals surface area contributed by atoms with E-state index < -0.39 is 5.60 Å². The summed E-state index contributed by atoms with van der Waals surface area (Å²) in [4.78, 5) is 27.7. The van der Waals surface area contributed by atoms with Crippen LogP contribution in [0.25, 0.3) is 0 Å². The zero-order chi connectivity index (χ0) is 14.8. The molecule has 0 aromatic heterocycles. The van der Waals surface area contributed by atoms with Crippen molar-refractivity contribution in [2.75, 3.05) is 32.7 Å². The van der Waals surface area contributed by atoms with E-state index in [2.05, 4.69) is 5.32 Å². The van der Waals surface area contributed by atoms with Crippen LogP contribution in [-0.2, 0) is 9.53 Å². The number of hydrogen-bond donors (Lipinski definition) is 1. The molecule has 0 spiro atoms. The highest BCUT2D eigenvalue weighted by atomic mass is 35.5. The van der Waals surface area contributed by atoms with Crippen LogP contribution in [0.5, 0.6) is 0 Å². The number of piperazine rings is 1. The van der Waals surface area contributed by atoms with E-state index in [1.807, 2.05) is 25.7 Å². The average molecular weight is 320 g/mol. The number of amides is 2. The molecule has 0 aromatic rings. The molecule has 0 radical (unpaired) electrons. The van der Waals surface area contributed by atoms with Crippen LogP contribution in [0.2, 0.25) is 0 Å². The van der Waals surface area contributed by atoms with E-state index in [1.165, 1.54) is 0 Å². The van der Waals surface area contributed by atoms with Gasteiger partial charge in [0.15, 0.2) is 0 Å². The predicted octanol–water partition coefficient (Wildman–Crippen LogP) is 1.24. The predicted molar refractivity (Wildman–Crippen MR) is 82.7 cm³/mol. The summed E-state index contributed by atoms with van der Waals surface area (Å²) in [6.07, 6.45) is 1.70. The van der Waals surface area contributed by atoms with Gasteiger partial charge in [-0.3, -0.25) is 4.79 Å². The van der Waals surface area contributed by atoms with E-state index in [0.29, 0.717) is 26.2 Å². The van der Waals surface area contributed by atoms with Crippen molar-refractivity contribution >= 4 is 24.4 Å². The smallest absolute Gasteiger partial charge is 0.410 e. The third-order valence-electron chi connectivity index (χ3n) is 3.60. The summed E-state index contributed by atoms with van der Waals surface area (Å²) in [5.41, 5.74) is -0.474. The Hall–Kier alpha value is -1.01. The Balaban J connectivity index is 0.00000220. The summed E-state index contributed by atoms with van der Waals surface area (Å²) in [5, 5.41) is 3.22. The summed E-state index contributed by atoms with van der Waals surface area (Å²) in [6, 6.07) is -0.0249. The first-order valence-corrected chi connectivity index (χ1v) is 7.37. The molecule has 0 saturated carbocycles. The van der Waals surface area contributed by atoms with Crippen LogP contribution in [-0.4, -0.2) is 66.2 Å². The molecule has 2 rings (SSSR count). The van der Waals surface area contributed by atoms with Crippen LogP contribution in [0.3, 0.4) is 0 Å². The first-order chi connectivity index (χ1) is 9.37. The number of carbonyl (C=O) groups is 2. The highest BCUT2D eigenvalue weighted by molar-refractivity contribution is 5.85. The minimum absolute atomic E-state index is 0. The molecule has 21 heavy (non-hydrogen) atoms. The van der Waals surface area contributed by atoms with Gasteiger partial charge in [-0.15, -0.1) is 12.4 Å². The normalized spacial score (nSPS) is 22.7. The van der Waals surface area contributed by atoms with Gasteiger partial charge >= 0.3 is 6.09 Å². The lowest BCUT2D eigenvalue weighted by Gasteiger charge is -2.36. The quantitative estimate of drug-likeness (QED) is 0.790. The first-order valence-electron chi connectivity index (χ1n) is 7.37. The van der Waals surface area contributed by atoms with Crippen LogP contribution >= 0.6 is 12.4 Å². The van der Waals surface area contributed by atoms with Crippen molar-refractivity contribution in [3.05, 3.63) is 0 Å². The molecular formula is C14H26ClN3O3. The minimum atomic E-state index is -0.474. The molecule has 0 aromatic carbocycles. The maximum Gasteiger partial charge on any atom is 0.410 e. The maximum absolute atomic E-state index is 12.2. The Morgan fingerprint density at radius 2 is 1.67 bits per heavy atom. The zero-order valence-corrected chi connectivity index (χ0v) is 13.9. The number of nitrogens with zero attached hydrogens (tertiary/aromatic N) is 2. The summed E-state index contributed by atoms with van der Waals surface area (Å²) in [5.74, 6) is 0.173. The Morgan fingerprint density at radius 3 is 2.14 bits per heavy atom. The zero-order valence-electron chi connectivity index (χ0n) is 13.1. The summed E-state index contributed by atoms with van der Waals surface area (Å²) >= 11 is 0. The molecule has 1 atom stereocenters. The van der Waals surface area contributed by atoms with Crippen LogP contribution in [0, 0.1) is 0 Å². The number of ether oxygens (including phenoxy) is 1. The molecule has 2 fully saturated rings. The second-order valence-corrected chi connectivity index (χ2v) is 6.44. The van der Waals surface area contributed by atoms with Crippen molar-refractivity contribution in [2.45, 2.75) is 45.3 Å². The third kappa shape index (κ3) is 5.04. The molecule has 0 aliphatic carbocycles. The van der Waals surface area contributed by atoms with Gasteiger partial charge in [-0.2, -0.15) is 0 Å². The monoisotopic (exact) mass is 319 g/mol. The van der Waals surface area contributed by atoms with Gasteiger partial charge in [-0.25, -0.2) is 4.79 Å². The van der Waals surface area contributed by atoms with Crippen LogP contribution in [0.1, 0.15) is 33.6 Å². The molecule has 6 nitrogen and oxygen atoms in total. The lowest BCUT2D eigenvalue weighted by molar-refractivity contribution is -0.134. The largest absolute Gasteiger partial charge is 0.444 e. The average Bonchev–Trinajstić information content (AvgIpc) is 2.90. The van der Waals surface area contributed by atoms with Crippen molar-refractivity contribution in [1.82, 2.24) is 15.1 Å². The first kappa shape index (κ1) is 18.0. The Labute approximate surface area is 132 Å². The SMILES string of the molecule is CC(C)(C)OC(=O)N1CCN(C(=O)C2CCCN2)CC1.Cl. The molecule has 2 saturated heterocycles. The van der Waals surface area contributed by atoms with Gasteiger partial charge in [0.1, 0.15) is 5.60 Å². The number of hydrogen-bond acceptors (Lipinski definition) is 4. The standard InChI is InChI=1S/C14H25N3O3.ClH/c1-14(2,3)20-13(19)17-9-7-16(8-10-17)12(18)11-5-4-6-15-11;/h11,15H,4-10H2,1-3H3;1H. The van der Waals surface area contributed by atoms with Gasteiger partial charge in [-0.05, 0) is 40.2 Å². The van der Waals surface area contributed by atoms with E-state index in [9.17, 15) is 9.59 Å². The van der Waals surface area contributed by atoms with Crippen molar-refractivity contribution in [1.29, 1.82) is 0 Å². The highest BCUT2D eigenvalue weighted by Gasteiger charge is 2.31. The van der Waals surface area contributed by atoms with Gasteiger partial charge in [0.25, 0.3) is 0 Å². The fourth-order valence-corrected chi connectivity index (χ4v) is 2.55. The van der Waals surface area contributed by atoms with Gasteiger partial charge in [0, 0.05) is 26.2 Å². The van der Waals surface area contributed by atoms with Crippen molar-refractivity contribution in [2.24, 2.45) is 0 Å². The lowest BCUT2D eigenvalue weighted by Crippen LogP contribution is -2.54. The lowest BCUT2D eigenvalue weighted by atomic mass is 10.2. The van der Waals surface area contributed by atoms with E-state index in [0.717, 1.165) is 19.4 Å². The third-order valence-corrected chi connectivity index (χ3v) is 3.60. The number of nitrogens with one attached hydrogen (secondary N) is 1. The summed E-state index contributed by atoms with van der Waals surface area (Å²) in [7, 11) is 0. The molecule has 2 aliphatic rings. The van der Waals surface area contributed by atoms with Crippen molar-refractivity contribution in [3.8, 4) is 0 Å². The number of halogens is 1. The molecule has 7 heteroatoms. The van der Waals surface area contributed by atoms with E-state index >= 15 is 0 Å². The molecule has 1 unspecified atom stereocenters. The van der Waals surface area contributed by atoms with Crippen LogP contribution < -0.4 is 5.32 Å². The number of carbonyl (C=O) groups excluding carboxylic acids is 2. The van der Waals surface area contributed by atoms with E-state index in [1.54, 1.807) is 4.90 Å².